The fraction of sp³-hybridized carbons (Fsp3) is 0.444. The van der Waals surface area contributed by atoms with Crippen LogP contribution in [0, 0.1) is 5.92 Å². The lowest BCUT2D eigenvalue weighted by Crippen LogP contribution is -2.53. The van der Waals surface area contributed by atoms with Crippen LogP contribution in [0.15, 0.2) is 48.5 Å². The Morgan fingerprint density at radius 1 is 0.912 bits per heavy atom. The number of carboxylic acid groups (broad SMARTS) is 1. The molecule has 2 unspecified atom stereocenters. The lowest BCUT2D eigenvalue weighted by Gasteiger charge is -2.36. The average Bonchev–Trinajstić information content (AvgIpc) is 3.44. The fourth-order valence-corrected chi connectivity index (χ4v) is 5.88. The second-order valence-corrected chi connectivity index (χ2v) is 9.50. The maximum Gasteiger partial charge on any atom is 0.407 e. The highest BCUT2D eigenvalue weighted by Gasteiger charge is 2.41. The third-order valence-electron chi connectivity index (χ3n) is 7.55. The van der Waals surface area contributed by atoms with E-state index >= 15 is 0 Å². The molecule has 34 heavy (non-hydrogen) atoms. The third kappa shape index (κ3) is 4.15. The summed E-state index contributed by atoms with van der Waals surface area (Å²) in [5.74, 6) is -1.54. The van der Waals surface area contributed by atoms with Crippen molar-refractivity contribution in [3.8, 4) is 11.1 Å². The van der Waals surface area contributed by atoms with Gasteiger partial charge in [0.1, 0.15) is 12.6 Å². The van der Waals surface area contributed by atoms with Crippen LogP contribution in [0.25, 0.3) is 11.1 Å². The summed E-state index contributed by atoms with van der Waals surface area (Å²) in [5.41, 5.74) is 4.64. The van der Waals surface area contributed by atoms with Crippen molar-refractivity contribution in [2.24, 2.45) is 5.92 Å². The zero-order valence-corrected chi connectivity index (χ0v) is 19.1. The van der Waals surface area contributed by atoms with E-state index in [9.17, 15) is 19.5 Å². The van der Waals surface area contributed by atoms with Gasteiger partial charge in [0, 0.05) is 18.5 Å². The molecule has 1 saturated heterocycles. The maximum atomic E-state index is 13.2. The number of hydrogen-bond acceptors (Lipinski definition) is 4. The van der Waals surface area contributed by atoms with Crippen LogP contribution in [0.2, 0.25) is 0 Å². The van der Waals surface area contributed by atoms with E-state index in [-0.39, 0.29) is 24.5 Å². The first-order chi connectivity index (χ1) is 16.5. The SMILES string of the molecule is O=C(NC1CCCC1C(=O)N1CCCC[C@H]1C(=O)O)OCC1c2ccccc2-c2ccccc21. The minimum Gasteiger partial charge on any atom is -0.480 e. The standard InChI is InChI=1S/C27H30N2O5/c30-25(29-15-6-5-14-24(29)26(31)32)21-12-7-13-23(21)28-27(33)34-16-22-19-10-3-1-8-17(19)18-9-2-4-11-20(18)22/h1-4,8-11,21-24H,5-7,12-16H2,(H,28,33)(H,31,32)/t21?,23?,24-/m0/s1. The maximum absolute atomic E-state index is 13.2. The second-order valence-electron chi connectivity index (χ2n) is 9.50. The number of benzene rings is 2. The predicted molar refractivity (Wildman–Crippen MR) is 126 cm³/mol. The minimum absolute atomic E-state index is 0.0242. The number of nitrogens with one attached hydrogen (secondary N) is 1. The van der Waals surface area contributed by atoms with Crippen molar-refractivity contribution in [2.45, 2.75) is 56.5 Å². The molecule has 2 fully saturated rings. The Balaban J connectivity index is 1.23. The van der Waals surface area contributed by atoms with Crippen LogP contribution in [0.1, 0.15) is 55.6 Å². The quantitative estimate of drug-likeness (QED) is 0.696. The molecular formula is C27H30N2O5. The molecule has 1 aliphatic heterocycles. The van der Waals surface area contributed by atoms with E-state index in [1.807, 2.05) is 24.3 Å². The number of nitrogens with zero attached hydrogens (tertiary/aromatic N) is 1. The number of aliphatic carboxylic acids is 1. The number of amides is 2. The number of likely N-dealkylation sites (tertiary alicyclic amines) is 1. The van der Waals surface area contributed by atoms with Crippen molar-refractivity contribution in [1.82, 2.24) is 10.2 Å². The first kappa shape index (κ1) is 22.4. The van der Waals surface area contributed by atoms with Crippen LogP contribution < -0.4 is 5.32 Å². The molecule has 2 aromatic carbocycles. The van der Waals surface area contributed by atoms with Crippen molar-refractivity contribution in [2.75, 3.05) is 13.2 Å². The van der Waals surface area contributed by atoms with Gasteiger partial charge in [-0.25, -0.2) is 9.59 Å². The Labute approximate surface area is 199 Å². The summed E-state index contributed by atoms with van der Waals surface area (Å²) in [7, 11) is 0. The summed E-state index contributed by atoms with van der Waals surface area (Å²) in [6, 6.07) is 15.3. The van der Waals surface area contributed by atoms with Gasteiger partial charge < -0.3 is 20.1 Å². The molecule has 3 aliphatic rings. The Morgan fingerprint density at radius 2 is 1.59 bits per heavy atom. The molecule has 1 heterocycles. The van der Waals surface area contributed by atoms with Crippen LogP contribution in [0.4, 0.5) is 4.79 Å². The summed E-state index contributed by atoms with van der Waals surface area (Å²) in [6.45, 7) is 0.683. The van der Waals surface area contributed by atoms with Gasteiger partial charge in [-0.05, 0) is 54.4 Å². The third-order valence-corrected chi connectivity index (χ3v) is 7.55. The molecule has 3 atom stereocenters. The number of carbonyl (C=O) groups is 3. The lowest BCUT2D eigenvalue weighted by molar-refractivity contribution is -0.154. The summed E-state index contributed by atoms with van der Waals surface area (Å²) in [5, 5.41) is 12.5. The van der Waals surface area contributed by atoms with Crippen molar-refractivity contribution in [1.29, 1.82) is 0 Å². The van der Waals surface area contributed by atoms with Crippen molar-refractivity contribution >= 4 is 18.0 Å². The molecule has 2 N–H and O–H groups in total. The number of rotatable bonds is 5. The smallest absolute Gasteiger partial charge is 0.407 e. The van der Waals surface area contributed by atoms with Gasteiger partial charge in [0.15, 0.2) is 0 Å². The zero-order valence-electron chi connectivity index (χ0n) is 19.1. The Kier molecular flexibility index (Phi) is 6.26. The fourth-order valence-electron chi connectivity index (χ4n) is 5.88. The number of hydrogen-bond donors (Lipinski definition) is 2. The molecule has 7 heteroatoms. The highest BCUT2D eigenvalue weighted by molar-refractivity contribution is 5.86. The summed E-state index contributed by atoms with van der Waals surface area (Å²) < 4.78 is 5.67. The number of ether oxygens (including phenoxy) is 1. The summed E-state index contributed by atoms with van der Waals surface area (Å²) in [6.07, 6.45) is 3.73. The van der Waals surface area contributed by atoms with Crippen LogP contribution in [0.3, 0.4) is 0 Å². The highest BCUT2D eigenvalue weighted by Crippen LogP contribution is 2.44. The van der Waals surface area contributed by atoms with Gasteiger partial charge in [-0.3, -0.25) is 4.79 Å². The van der Waals surface area contributed by atoms with Gasteiger partial charge in [-0.2, -0.15) is 0 Å². The van der Waals surface area contributed by atoms with Gasteiger partial charge in [0.25, 0.3) is 0 Å². The Morgan fingerprint density at radius 3 is 2.26 bits per heavy atom. The molecule has 2 amide bonds. The van der Waals surface area contributed by atoms with E-state index in [0.717, 1.165) is 30.4 Å². The highest BCUT2D eigenvalue weighted by atomic mass is 16.5. The summed E-state index contributed by atoms with van der Waals surface area (Å²) >= 11 is 0. The van der Waals surface area contributed by atoms with E-state index in [4.69, 9.17) is 4.74 Å². The van der Waals surface area contributed by atoms with Crippen molar-refractivity contribution in [3.05, 3.63) is 59.7 Å². The van der Waals surface area contributed by atoms with E-state index < -0.39 is 24.0 Å². The van der Waals surface area contributed by atoms with E-state index in [0.29, 0.717) is 25.8 Å². The van der Waals surface area contributed by atoms with Gasteiger partial charge in [-0.1, -0.05) is 55.0 Å². The topological polar surface area (TPSA) is 95.9 Å². The zero-order chi connectivity index (χ0) is 23.7. The van der Waals surface area contributed by atoms with Crippen LogP contribution >= 0.6 is 0 Å². The van der Waals surface area contributed by atoms with Gasteiger partial charge in [0.2, 0.25) is 5.91 Å². The predicted octanol–water partition coefficient (Wildman–Crippen LogP) is 4.16. The first-order valence-corrected chi connectivity index (χ1v) is 12.2. The average molecular weight is 463 g/mol. The monoisotopic (exact) mass is 462 g/mol. The molecular weight excluding hydrogens is 432 g/mol. The molecule has 2 aliphatic carbocycles. The molecule has 0 radical (unpaired) electrons. The van der Waals surface area contributed by atoms with Crippen molar-refractivity contribution < 1.29 is 24.2 Å². The van der Waals surface area contributed by atoms with Crippen LogP contribution in [-0.2, 0) is 14.3 Å². The molecule has 0 bridgehead atoms. The normalized spacial score (nSPS) is 23.8. The van der Waals surface area contributed by atoms with Crippen LogP contribution in [-0.4, -0.2) is 53.2 Å². The number of carbonyl (C=O) groups excluding carboxylic acids is 2. The van der Waals surface area contributed by atoms with E-state index in [1.165, 1.54) is 16.0 Å². The molecule has 178 valence electrons. The van der Waals surface area contributed by atoms with Crippen LogP contribution in [0.5, 0.6) is 0 Å². The lowest BCUT2D eigenvalue weighted by atomic mass is 9.96. The minimum atomic E-state index is -0.952. The molecule has 1 saturated carbocycles. The summed E-state index contributed by atoms with van der Waals surface area (Å²) in [4.78, 5) is 39.1. The molecule has 5 rings (SSSR count). The largest absolute Gasteiger partial charge is 0.480 e. The van der Waals surface area contributed by atoms with Gasteiger partial charge in [0.05, 0.1) is 5.92 Å². The second kappa shape index (κ2) is 9.49. The molecule has 7 nitrogen and oxygen atoms in total. The first-order valence-electron chi connectivity index (χ1n) is 12.2. The van der Waals surface area contributed by atoms with Crippen molar-refractivity contribution in [3.63, 3.8) is 0 Å². The number of fused-ring (bicyclic) bond motifs is 3. The number of piperidine rings is 1. The van der Waals surface area contributed by atoms with E-state index in [1.54, 1.807) is 0 Å². The molecule has 0 spiro atoms. The Hall–Kier alpha value is -3.35. The van der Waals surface area contributed by atoms with E-state index in [2.05, 4.69) is 29.6 Å². The van der Waals surface area contributed by atoms with Gasteiger partial charge in [-0.15, -0.1) is 0 Å². The molecule has 2 aromatic rings. The number of carboxylic acids is 1. The number of alkyl carbamates (subject to hydrolysis) is 1. The Bertz CT molecular complexity index is 1050. The molecule has 0 aromatic heterocycles. The van der Waals surface area contributed by atoms with Gasteiger partial charge >= 0.3 is 12.1 Å².